The van der Waals surface area contributed by atoms with E-state index in [1.165, 1.54) is 0 Å². The van der Waals surface area contributed by atoms with Crippen LogP contribution in [0.25, 0.3) is 10.8 Å². The van der Waals surface area contributed by atoms with E-state index < -0.39 is 23.4 Å². The van der Waals surface area contributed by atoms with Gasteiger partial charge in [-0.1, -0.05) is 60.7 Å². The van der Waals surface area contributed by atoms with Crippen LogP contribution in [0.4, 0.5) is 4.79 Å². The van der Waals surface area contributed by atoms with Crippen molar-refractivity contribution in [2.24, 2.45) is 0 Å². The van der Waals surface area contributed by atoms with E-state index in [2.05, 4.69) is 10.7 Å². The van der Waals surface area contributed by atoms with E-state index in [0.29, 0.717) is 16.3 Å². The number of hydrogen-bond acceptors (Lipinski definition) is 4. The first-order chi connectivity index (χ1) is 14.0. The third-order valence-corrected chi connectivity index (χ3v) is 4.87. The van der Waals surface area contributed by atoms with E-state index in [4.69, 9.17) is 4.74 Å². The lowest BCUT2D eigenvalue weighted by molar-refractivity contribution is -0.139. The molecule has 1 atom stereocenters. The molecule has 0 bridgehead atoms. The van der Waals surface area contributed by atoms with Crippen LogP contribution >= 0.6 is 0 Å². The van der Waals surface area contributed by atoms with Crippen molar-refractivity contribution in [1.82, 2.24) is 15.8 Å². The minimum absolute atomic E-state index is 0.336. The molecule has 0 spiro atoms. The number of benzene rings is 3. The minimum atomic E-state index is -1.25. The average molecular weight is 389 g/mol. The first-order valence-electron chi connectivity index (χ1n) is 9.11. The molecule has 0 saturated carbocycles. The summed E-state index contributed by atoms with van der Waals surface area (Å²) < 4.78 is 5.51. The zero-order chi connectivity index (χ0) is 20.4. The summed E-state index contributed by atoms with van der Waals surface area (Å²) in [6, 6.07) is 21.4. The molecule has 3 aromatic rings. The molecular formula is C22H19N3O4. The van der Waals surface area contributed by atoms with Crippen LogP contribution in [-0.2, 0) is 15.1 Å². The van der Waals surface area contributed by atoms with Gasteiger partial charge in [-0.25, -0.2) is 4.79 Å². The number of fused-ring (bicyclic) bond motifs is 1. The predicted molar refractivity (Wildman–Crippen MR) is 107 cm³/mol. The Balaban J connectivity index is 1.41. The molecule has 7 heteroatoms. The monoisotopic (exact) mass is 389 g/mol. The van der Waals surface area contributed by atoms with E-state index in [1.807, 2.05) is 42.5 Å². The van der Waals surface area contributed by atoms with Crippen LogP contribution in [0, 0.1) is 0 Å². The third-order valence-electron chi connectivity index (χ3n) is 4.87. The summed E-state index contributed by atoms with van der Waals surface area (Å²) >= 11 is 0. The first kappa shape index (κ1) is 18.5. The molecule has 1 heterocycles. The topological polar surface area (TPSA) is 87.7 Å². The van der Waals surface area contributed by atoms with Gasteiger partial charge >= 0.3 is 6.03 Å². The number of nitrogens with zero attached hydrogens (tertiary/aromatic N) is 1. The zero-order valence-corrected chi connectivity index (χ0v) is 15.7. The minimum Gasteiger partial charge on any atom is -0.484 e. The van der Waals surface area contributed by atoms with Crippen LogP contribution < -0.4 is 15.5 Å². The van der Waals surface area contributed by atoms with Gasteiger partial charge in [0.2, 0.25) is 0 Å². The van der Waals surface area contributed by atoms with Crippen molar-refractivity contribution in [3.8, 4) is 5.75 Å². The lowest BCUT2D eigenvalue weighted by Gasteiger charge is -2.22. The number of urea groups is 1. The van der Waals surface area contributed by atoms with Crippen molar-refractivity contribution in [3.05, 3.63) is 78.4 Å². The molecule has 4 rings (SSSR count). The quantitative estimate of drug-likeness (QED) is 0.657. The van der Waals surface area contributed by atoms with E-state index in [1.54, 1.807) is 37.3 Å². The second kappa shape index (κ2) is 7.27. The number of carbonyl (C=O) groups excluding carboxylic acids is 3. The van der Waals surface area contributed by atoms with Gasteiger partial charge in [0, 0.05) is 0 Å². The molecule has 0 radical (unpaired) electrons. The summed E-state index contributed by atoms with van der Waals surface area (Å²) in [5.74, 6) is -0.656. The number of imide groups is 1. The Hall–Kier alpha value is -3.87. The maximum atomic E-state index is 12.8. The fourth-order valence-electron chi connectivity index (χ4n) is 3.27. The van der Waals surface area contributed by atoms with Crippen molar-refractivity contribution < 1.29 is 19.1 Å². The molecule has 1 fully saturated rings. The largest absolute Gasteiger partial charge is 0.484 e. The summed E-state index contributed by atoms with van der Waals surface area (Å²) in [4.78, 5) is 37.3. The highest BCUT2D eigenvalue weighted by atomic mass is 16.5. The molecule has 0 unspecified atom stereocenters. The number of hydrogen-bond donors (Lipinski definition) is 2. The predicted octanol–water partition coefficient (Wildman–Crippen LogP) is 2.72. The molecule has 4 amide bonds. The maximum absolute atomic E-state index is 12.8. The summed E-state index contributed by atoms with van der Waals surface area (Å²) in [6.45, 7) is 1.26. The summed E-state index contributed by atoms with van der Waals surface area (Å²) in [7, 11) is 0. The molecule has 2 N–H and O–H groups in total. The summed E-state index contributed by atoms with van der Waals surface area (Å²) in [5.41, 5.74) is 1.70. The number of amides is 4. The van der Waals surface area contributed by atoms with E-state index in [0.717, 1.165) is 10.8 Å². The Morgan fingerprint density at radius 1 is 1.00 bits per heavy atom. The smallest absolute Gasteiger partial charge is 0.344 e. The van der Waals surface area contributed by atoms with Crippen LogP contribution in [0.2, 0.25) is 0 Å². The average Bonchev–Trinajstić information content (AvgIpc) is 2.96. The summed E-state index contributed by atoms with van der Waals surface area (Å²) in [6.07, 6.45) is 0. The lowest BCUT2D eigenvalue weighted by atomic mass is 9.92. The summed E-state index contributed by atoms with van der Waals surface area (Å²) in [5, 5.41) is 5.36. The van der Waals surface area contributed by atoms with Gasteiger partial charge in [0.25, 0.3) is 11.8 Å². The van der Waals surface area contributed by atoms with Crippen LogP contribution in [0.1, 0.15) is 12.5 Å². The molecule has 0 aromatic heterocycles. The van der Waals surface area contributed by atoms with E-state index in [9.17, 15) is 14.4 Å². The van der Waals surface area contributed by atoms with Gasteiger partial charge in [-0.05, 0) is 35.4 Å². The molecular weight excluding hydrogens is 370 g/mol. The van der Waals surface area contributed by atoms with Gasteiger partial charge in [0.15, 0.2) is 6.61 Å². The SMILES string of the molecule is C[C@@]1(c2ccccc2)NC(=O)N(NC(=O)COc2ccc3ccccc3c2)C1=O. The van der Waals surface area contributed by atoms with Gasteiger partial charge < -0.3 is 10.1 Å². The Morgan fingerprint density at radius 2 is 1.69 bits per heavy atom. The van der Waals surface area contributed by atoms with Gasteiger partial charge in [0.05, 0.1) is 0 Å². The standard InChI is InChI=1S/C22H19N3O4/c1-22(17-9-3-2-4-10-17)20(27)25(21(28)23-22)24-19(26)14-29-18-12-11-15-7-5-6-8-16(15)13-18/h2-13H,14H2,1H3,(H,23,28)(H,24,26)/t22-/m0/s1. The normalized spacial score (nSPS) is 18.6. The van der Waals surface area contributed by atoms with Crippen molar-refractivity contribution in [2.75, 3.05) is 6.61 Å². The van der Waals surface area contributed by atoms with E-state index in [-0.39, 0.29) is 6.61 Å². The second-order valence-corrected chi connectivity index (χ2v) is 6.89. The molecule has 1 saturated heterocycles. The van der Waals surface area contributed by atoms with Gasteiger partial charge in [-0.15, -0.1) is 0 Å². The fourth-order valence-corrected chi connectivity index (χ4v) is 3.27. The van der Waals surface area contributed by atoms with E-state index >= 15 is 0 Å². The van der Waals surface area contributed by atoms with Crippen LogP contribution in [0.5, 0.6) is 5.75 Å². The van der Waals surface area contributed by atoms with Crippen LogP contribution in [0.15, 0.2) is 72.8 Å². The van der Waals surface area contributed by atoms with Crippen molar-refractivity contribution in [3.63, 3.8) is 0 Å². The van der Waals surface area contributed by atoms with Gasteiger partial charge in [-0.2, -0.15) is 5.01 Å². The fraction of sp³-hybridized carbons (Fsp3) is 0.136. The third kappa shape index (κ3) is 3.50. The molecule has 1 aliphatic rings. The number of rotatable bonds is 5. The van der Waals surface area contributed by atoms with Crippen molar-refractivity contribution >= 4 is 28.6 Å². The Bertz CT molecular complexity index is 1100. The van der Waals surface area contributed by atoms with Gasteiger partial charge in [-0.3, -0.25) is 15.0 Å². The van der Waals surface area contributed by atoms with Crippen molar-refractivity contribution in [2.45, 2.75) is 12.5 Å². The Morgan fingerprint density at radius 3 is 2.45 bits per heavy atom. The van der Waals surface area contributed by atoms with Gasteiger partial charge in [0.1, 0.15) is 11.3 Å². The molecule has 3 aromatic carbocycles. The highest BCUT2D eigenvalue weighted by Crippen LogP contribution is 2.27. The number of ether oxygens (including phenoxy) is 1. The molecule has 29 heavy (non-hydrogen) atoms. The Labute approximate surface area is 167 Å². The lowest BCUT2D eigenvalue weighted by Crippen LogP contribution is -2.49. The molecule has 1 aliphatic heterocycles. The molecule has 0 aliphatic carbocycles. The second-order valence-electron chi connectivity index (χ2n) is 6.89. The van der Waals surface area contributed by atoms with Crippen LogP contribution in [-0.4, -0.2) is 29.5 Å². The molecule has 146 valence electrons. The highest BCUT2D eigenvalue weighted by Gasteiger charge is 2.49. The maximum Gasteiger partial charge on any atom is 0.344 e. The van der Waals surface area contributed by atoms with Crippen molar-refractivity contribution in [1.29, 1.82) is 0 Å². The number of nitrogens with one attached hydrogen (secondary N) is 2. The molecule has 7 nitrogen and oxygen atoms in total. The zero-order valence-electron chi connectivity index (χ0n) is 15.7. The highest BCUT2D eigenvalue weighted by molar-refractivity contribution is 6.08. The first-order valence-corrected chi connectivity index (χ1v) is 9.11. The number of hydrazine groups is 1. The Kier molecular flexibility index (Phi) is 4.64. The van der Waals surface area contributed by atoms with Crippen LogP contribution in [0.3, 0.4) is 0 Å². The number of carbonyl (C=O) groups is 3.